The maximum atomic E-state index is 13.2. The smallest absolute Gasteiger partial charge is 0.410 e. The van der Waals surface area contributed by atoms with Crippen LogP contribution in [0.2, 0.25) is 0 Å². The number of thioether (sulfide) groups is 2. The van der Waals surface area contributed by atoms with Gasteiger partial charge in [-0.1, -0.05) is 121 Å². The van der Waals surface area contributed by atoms with Crippen molar-refractivity contribution in [1.29, 1.82) is 0 Å². The Bertz CT molecular complexity index is 2240. The maximum absolute atomic E-state index is 13.2. The predicted octanol–water partition coefficient (Wildman–Crippen LogP) is 10.4. The van der Waals surface area contributed by atoms with E-state index in [9.17, 15) is 14.4 Å². The van der Waals surface area contributed by atoms with Gasteiger partial charge in [0.1, 0.15) is 11.6 Å². The third-order valence-corrected chi connectivity index (χ3v) is 11.2. The summed E-state index contributed by atoms with van der Waals surface area (Å²) in [7, 11) is 3.39. The van der Waals surface area contributed by atoms with Crippen LogP contribution in [0, 0.1) is 0 Å². The van der Waals surface area contributed by atoms with Gasteiger partial charge in [0, 0.05) is 25.0 Å². The molecular formula is C49H55ClN6O4S2. The fourth-order valence-electron chi connectivity index (χ4n) is 5.88. The molecule has 62 heavy (non-hydrogen) atoms. The van der Waals surface area contributed by atoms with E-state index < -0.39 is 17.7 Å². The second-order valence-electron chi connectivity index (χ2n) is 15.1. The summed E-state index contributed by atoms with van der Waals surface area (Å²) < 4.78 is 5.49. The first-order valence-electron chi connectivity index (χ1n) is 20.0. The van der Waals surface area contributed by atoms with Crippen LogP contribution in [0.25, 0.3) is 0 Å². The molecule has 0 radical (unpaired) electrons. The van der Waals surface area contributed by atoms with Gasteiger partial charge < -0.3 is 20.7 Å². The summed E-state index contributed by atoms with van der Waals surface area (Å²) in [5.41, 5.74) is 5.18. The zero-order valence-electron chi connectivity index (χ0n) is 35.7. The molecule has 3 N–H and O–H groups in total. The van der Waals surface area contributed by atoms with Crippen molar-refractivity contribution >= 4 is 65.2 Å². The first-order chi connectivity index (χ1) is 29.5. The molecular weight excluding hydrogens is 836 g/mol. The van der Waals surface area contributed by atoms with Gasteiger partial charge >= 0.3 is 6.09 Å². The quantitative estimate of drug-likeness (QED) is 0.0815. The van der Waals surface area contributed by atoms with E-state index in [0.29, 0.717) is 24.2 Å². The van der Waals surface area contributed by atoms with E-state index in [2.05, 4.69) is 50.2 Å². The van der Waals surface area contributed by atoms with Gasteiger partial charge in [-0.3, -0.25) is 14.5 Å². The van der Waals surface area contributed by atoms with E-state index in [4.69, 9.17) is 4.74 Å². The highest BCUT2D eigenvalue weighted by Crippen LogP contribution is 2.24. The fourth-order valence-corrected chi connectivity index (χ4v) is 7.47. The summed E-state index contributed by atoms with van der Waals surface area (Å²) in [5, 5.41) is 10.7. The molecule has 10 nitrogen and oxygen atoms in total. The van der Waals surface area contributed by atoms with Crippen LogP contribution in [0.4, 0.5) is 16.2 Å². The van der Waals surface area contributed by atoms with Gasteiger partial charge in [-0.15, -0.1) is 35.9 Å². The fraction of sp³-hybridized carbons (Fsp3) is 0.245. The number of pyridine rings is 2. The van der Waals surface area contributed by atoms with Crippen molar-refractivity contribution in [3.05, 3.63) is 180 Å². The number of anilines is 2. The van der Waals surface area contributed by atoms with Crippen molar-refractivity contribution in [1.82, 2.24) is 20.2 Å². The number of nitrogens with one attached hydrogen (secondary N) is 3. The number of carbonyl (C=O) groups is 3. The van der Waals surface area contributed by atoms with Gasteiger partial charge in [0.2, 0.25) is 11.8 Å². The molecule has 0 fully saturated rings. The summed E-state index contributed by atoms with van der Waals surface area (Å²) in [5.74, 6) is 1.33. The highest BCUT2D eigenvalue weighted by atomic mass is 35.5. The molecule has 3 amide bonds. The molecule has 0 unspecified atom stereocenters. The zero-order valence-corrected chi connectivity index (χ0v) is 38.1. The Hall–Kier alpha value is -5.66. The van der Waals surface area contributed by atoms with Crippen molar-refractivity contribution in [3.63, 3.8) is 0 Å². The first-order valence-corrected chi connectivity index (χ1v) is 22.0. The normalized spacial score (nSPS) is 11.7. The van der Waals surface area contributed by atoms with Crippen LogP contribution in [-0.4, -0.2) is 64.6 Å². The summed E-state index contributed by atoms with van der Waals surface area (Å²) >= 11 is 3.31. The van der Waals surface area contributed by atoms with Crippen molar-refractivity contribution in [2.75, 3.05) is 24.7 Å². The number of aromatic nitrogens is 2. The number of hydrogen-bond acceptors (Lipinski definition) is 9. The average molecular weight is 892 g/mol. The van der Waals surface area contributed by atoms with Gasteiger partial charge in [-0.25, -0.2) is 14.8 Å². The van der Waals surface area contributed by atoms with Gasteiger partial charge in [0.15, 0.2) is 0 Å². The number of ether oxygens (including phenoxy) is 1. The number of hydrogen-bond donors (Lipinski definition) is 3. The highest BCUT2D eigenvalue weighted by molar-refractivity contribution is 7.98. The van der Waals surface area contributed by atoms with Gasteiger partial charge in [-0.2, -0.15) is 0 Å². The molecule has 6 rings (SSSR count). The van der Waals surface area contributed by atoms with Crippen molar-refractivity contribution in [2.45, 2.75) is 72.9 Å². The van der Waals surface area contributed by atoms with Crippen molar-refractivity contribution in [2.24, 2.45) is 0 Å². The van der Waals surface area contributed by atoms with E-state index in [1.54, 1.807) is 70.8 Å². The SMILES string of the molecule is CN(C(=O)OC(C)(C)C)[C@@H](Cc1ccccc1)C(=O)Nc1ccc(SCc2ccccc2)nc1.CN[C@@H](Cc1ccccc1)C(=O)Nc1ccc(SCc2ccccc2)nc1.Cl. The van der Waals surface area contributed by atoms with E-state index in [1.807, 2.05) is 121 Å². The van der Waals surface area contributed by atoms with Gasteiger partial charge in [-0.05, 0) is 80.8 Å². The Labute approximate surface area is 380 Å². The molecule has 0 bridgehead atoms. The molecule has 6 aromatic rings. The largest absolute Gasteiger partial charge is 0.444 e. The van der Waals surface area contributed by atoms with Crippen LogP contribution < -0.4 is 16.0 Å². The van der Waals surface area contributed by atoms with Gasteiger partial charge in [0.05, 0.1) is 39.9 Å². The average Bonchev–Trinajstić information content (AvgIpc) is 3.27. The summed E-state index contributed by atoms with van der Waals surface area (Å²) in [6.07, 6.45) is 3.80. The van der Waals surface area contributed by atoms with Crippen LogP contribution >= 0.6 is 35.9 Å². The van der Waals surface area contributed by atoms with Crippen LogP contribution in [0.5, 0.6) is 0 Å². The predicted molar refractivity (Wildman–Crippen MR) is 256 cm³/mol. The molecule has 324 valence electrons. The van der Waals surface area contributed by atoms with E-state index in [1.165, 1.54) is 16.0 Å². The highest BCUT2D eigenvalue weighted by Gasteiger charge is 2.30. The molecule has 13 heteroatoms. The molecule has 4 aromatic carbocycles. The van der Waals surface area contributed by atoms with Crippen LogP contribution in [0.1, 0.15) is 43.0 Å². The Balaban J connectivity index is 0.000000275. The lowest BCUT2D eigenvalue weighted by Gasteiger charge is -2.30. The third-order valence-electron chi connectivity index (χ3n) is 9.14. The minimum atomic E-state index is -0.746. The lowest BCUT2D eigenvalue weighted by molar-refractivity contribution is -0.121. The lowest BCUT2D eigenvalue weighted by atomic mass is 10.0. The number of rotatable bonds is 16. The Morgan fingerprint density at radius 1 is 0.597 bits per heavy atom. The number of likely N-dealkylation sites (N-methyl/N-ethyl adjacent to an activating group) is 2. The lowest BCUT2D eigenvalue weighted by Crippen LogP contribution is -2.48. The topological polar surface area (TPSA) is 126 Å². The maximum Gasteiger partial charge on any atom is 0.410 e. The molecule has 2 atom stereocenters. The minimum absolute atomic E-state index is 0. The second-order valence-corrected chi connectivity index (χ2v) is 17.1. The standard InChI is InChI=1S/C27H31N3O3S.C22H23N3OS.ClH/c1-27(2,3)33-26(32)30(4)23(17-20-11-7-5-8-12-20)25(31)29-22-15-16-24(28-18-22)34-19-21-13-9-6-10-14-21;1-23-20(14-17-8-4-2-5-9-17)22(26)25-19-12-13-21(24-15-19)27-16-18-10-6-3-7-11-18;/h5-16,18,23H,17,19H2,1-4H3,(H,29,31);2-13,15,20,23H,14,16H2,1H3,(H,25,26);1H/t23-;20-;/m00./s1. The third kappa shape index (κ3) is 17.0. The Morgan fingerprint density at radius 2 is 1.00 bits per heavy atom. The Kier molecular flexibility index (Phi) is 20.0. The van der Waals surface area contributed by atoms with Crippen molar-refractivity contribution in [3.8, 4) is 0 Å². The number of amides is 3. The van der Waals surface area contributed by atoms with E-state index in [0.717, 1.165) is 32.7 Å². The molecule has 0 saturated heterocycles. The molecule has 0 aliphatic heterocycles. The van der Waals surface area contributed by atoms with Crippen LogP contribution in [0.15, 0.2) is 168 Å². The number of carbonyl (C=O) groups excluding carboxylic acids is 3. The summed E-state index contributed by atoms with van der Waals surface area (Å²) in [6.45, 7) is 5.40. The molecule has 0 aliphatic carbocycles. The zero-order chi connectivity index (χ0) is 43.5. The van der Waals surface area contributed by atoms with Crippen molar-refractivity contribution < 1.29 is 19.1 Å². The Morgan fingerprint density at radius 3 is 1.39 bits per heavy atom. The van der Waals surface area contributed by atoms with E-state index >= 15 is 0 Å². The molecule has 0 spiro atoms. The van der Waals surface area contributed by atoms with E-state index in [-0.39, 0.29) is 30.3 Å². The summed E-state index contributed by atoms with van der Waals surface area (Å²) in [4.78, 5) is 48.7. The molecule has 0 aliphatic rings. The number of benzene rings is 4. The van der Waals surface area contributed by atoms with Gasteiger partial charge in [0.25, 0.3) is 0 Å². The summed E-state index contributed by atoms with van der Waals surface area (Å²) in [6, 6.07) is 46.6. The minimum Gasteiger partial charge on any atom is -0.444 e. The van der Waals surface area contributed by atoms with Crippen LogP contribution in [0.3, 0.4) is 0 Å². The van der Waals surface area contributed by atoms with Crippen LogP contribution in [-0.2, 0) is 38.7 Å². The molecule has 2 aromatic heterocycles. The second kappa shape index (κ2) is 25.3. The first kappa shape index (κ1) is 49.0. The number of halogens is 1. The monoisotopic (exact) mass is 890 g/mol. The number of nitrogens with zero attached hydrogens (tertiary/aromatic N) is 3. The molecule has 2 heterocycles. The molecule has 0 saturated carbocycles.